The minimum absolute atomic E-state index is 0.104. The van der Waals surface area contributed by atoms with E-state index in [-0.39, 0.29) is 23.9 Å². The minimum Gasteiger partial charge on any atom is -0.350 e. The van der Waals surface area contributed by atoms with Crippen LogP contribution in [-0.4, -0.2) is 23.9 Å². The molecule has 0 saturated heterocycles. The summed E-state index contributed by atoms with van der Waals surface area (Å²) in [7, 11) is 0. The van der Waals surface area contributed by atoms with Crippen LogP contribution in [0.3, 0.4) is 0 Å². The number of carbonyl (C=O) groups excluding carboxylic acids is 2. The Morgan fingerprint density at radius 2 is 1.23 bits per heavy atom. The zero-order valence-corrected chi connectivity index (χ0v) is 14.1. The van der Waals surface area contributed by atoms with Gasteiger partial charge in [0.1, 0.15) is 0 Å². The molecule has 0 heterocycles. The molecular formula is C18H28N2O2. The van der Waals surface area contributed by atoms with Gasteiger partial charge < -0.3 is 10.6 Å². The van der Waals surface area contributed by atoms with Crippen LogP contribution in [0.1, 0.15) is 74.1 Å². The van der Waals surface area contributed by atoms with Crippen LogP contribution in [0.2, 0.25) is 0 Å². The van der Waals surface area contributed by atoms with E-state index in [9.17, 15) is 9.59 Å². The monoisotopic (exact) mass is 304 g/mol. The molecule has 0 saturated carbocycles. The fourth-order valence-electron chi connectivity index (χ4n) is 2.49. The first kappa shape index (κ1) is 18.2. The summed E-state index contributed by atoms with van der Waals surface area (Å²) in [5, 5.41) is 5.90. The van der Waals surface area contributed by atoms with Crippen molar-refractivity contribution in [3.8, 4) is 0 Å². The summed E-state index contributed by atoms with van der Waals surface area (Å²) in [5.41, 5.74) is 0.873. The molecule has 0 aliphatic heterocycles. The van der Waals surface area contributed by atoms with Crippen LogP contribution in [0.25, 0.3) is 0 Å². The summed E-state index contributed by atoms with van der Waals surface area (Å²) >= 11 is 0. The van der Waals surface area contributed by atoms with Crippen molar-refractivity contribution in [2.45, 2.75) is 65.5 Å². The predicted molar refractivity (Wildman–Crippen MR) is 90.1 cm³/mol. The number of amides is 2. The van der Waals surface area contributed by atoms with Gasteiger partial charge in [-0.2, -0.15) is 0 Å². The number of carbonyl (C=O) groups is 2. The molecule has 0 aliphatic rings. The van der Waals surface area contributed by atoms with Crippen molar-refractivity contribution < 1.29 is 9.59 Å². The standard InChI is InChI=1S/C18H28N2O2/c1-5-9-13(3)19-17(21)15-11-7-8-12-16(15)18(22)20-14(4)10-6-2/h7-8,11-14H,5-6,9-10H2,1-4H3,(H,19,21)(H,20,22). The maximum absolute atomic E-state index is 12.4. The first-order valence-corrected chi connectivity index (χ1v) is 8.20. The molecule has 1 rings (SSSR count). The molecule has 0 bridgehead atoms. The van der Waals surface area contributed by atoms with Gasteiger partial charge in [0.25, 0.3) is 11.8 Å². The van der Waals surface area contributed by atoms with Crippen molar-refractivity contribution in [3.63, 3.8) is 0 Å². The average Bonchev–Trinajstić information content (AvgIpc) is 2.47. The molecule has 0 spiro atoms. The second-order valence-electron chi connectivity index (χ2n) is 5.87. The first-order chi connectivity index (χ1) is 10.5. The minimum atomic E-state index is -0.185. The Hall–Kier alpha value is -1.84. The quantitative estimate of drug-likeness (QED) is 0.772. The van der Waals surface area contributed by atoms with E-state index in [2.05, 4.69) is 24.5 Å². The number of hydrogen-bond acceptors (Lipinski definition) is 2. The predicted octanol–water partition coefficient (Wildman–Crippen LogP) is 3.52. The van der Waals surface area contributed by atoms with Gasteiger partial charge in [-0.25, -0.2) is 0 Å². The summed E-state index contributed by atoms with van der Waals surface area (Å²) in [6, 6.07) is 7.18. The smallest absolute Gasteiger partial charge is 0.252 e. The summed E-state index contributed by atoms with van der Waals surface area (Å²) in [4.78, 5) is 24.8. The fourth-order valence-corrected chi connectivity index (χ4v) is 2.49. The van der Waals surface area contributed by atoms with Crippen LogP contribution < -0.4 is 10.6 Å². The number of rotatable bonds is 8. The largest absolute Gasteiger partial charge is 0.350 e. The normalized spacial score (nSPS) is 13.3. The summed E-state index contributed by atoms with van der Waals surface area (Å²) in [6.07, 6.45) is 3.87. The lowest BCUT2D eigenvalue weighted by Crippen LogP contribution is -2.36. The Bertz CT molecular complexity index is 455. The van der Waals surface area contributed by atoms with Gasteiger partial charge in [-0.3, -0.25) is 9.59 Å². The molecule has 0 radical (unpaired) electrons. The van der Waals surface area contributed by atoms with E-state index in [1.165, 1.54) is 0 Å². The maximum atomic E-state index is 12.4. The molecule has 4 nitrogen and oxygen atoms in total. The number of nitrogens with one attached hydrogen (secondary N) is 2. The van der Waals surface area contributed by atoms with Crippen molar-refractivity contribution in [2.24, 2.45) is 0 Å². The lowest BCUT2D eigenvalue weighted by atomic mass is 10.0. The van der Waals surface area contributed by atoms with Crippen LogP contribution in [0.4, 0.5) is 0 Å². The zero-order valence-electron chi connectivity index (χ0n) is 14.1. The average molecular weight is 304 g/mol. The molecule has 22 heavy (non-hydrogen) atoms. The van der Waals surface area contributed by atoms with Crippen molar-refractivity contribution in [1.29, 1.82) is 0 Å². The van der Waals surface area contributed by atoms with Gasteiger partial charge in [0.05, 0.1) is 11.1 Å². The van der Waals surface area contributed by atoms with Crippen LogP contribution in [-0.2, 0) is 0 Å². The van der Waals surface area contributed by atoms with E-state index in [4.69, 9.17) is 0 Å². The van der Waals surface area contributed by atoms with Crippen molar-refractivity contribution in [3.05, 3.63) is 35.4 Å². The Kier molecular flexibility index (Phi) is 7.64. The van der Waals surface area contributed by atoms with E-state index >= 15 is 0 Å². The summed E-state index contributed by atoms with van der Waals surface area (Å²) < 4.78 is 0. The second-order valence-corrected chi connectivity index (χ2v) is 5.87. The number of hydrogen-bond donors (Lipinski definition) is 2. The third kappa shape index (κ3) is 5.51. The Balaban J connectivity index is 2.84. The Morgan fingerprint density at radius 1 is 0.864 bits per heavy atom. The van der Waals surface area contributed by atoms with Gasteiger partial charge in [-0.05, 0) is 38.8 Å². The highest BCUT2D eigenvalue weighted by molar-refractivity contribution is 6.07. The van der Waals surface area contributed by atoms with E-state index in [0.717, 1.165) is 25.7 Å². The highest BCUT2D eigenvalue weighted by Gasteiger charge is 2.18. The lowest BCUT2D eigenvalue weighted by Gasteiger charge is -2.17. The van der Waals surface area contributed by atoms with Crippen molar-refractivity contribution >= 4 is 11.8 Å². The first-order valence-electron chi connectivity index (χ1n) is 8.20. The molecule has 0 aromatic heterocycles. The molecule has 0 aliphatic carbocycles. The number of benzene rings is 1. The fraction of sp³-hybridized carbons (Fsp3) is 0.556. The zero-order chi connectivity index (χ0) is 16.5. The molecule has 1 aromatic carbocycles. The lowest BCUT2D eigenvalue weighted by molar-refractivity contribution is 0.0903. The van der Waals surface area contributed by atoms with Gasteiger partial charge >= 0.3 is 0 Å². The third-order valence-electron chi connectivity index (χ3n) is 3.61. The van der Waals surface area contributed by atoms with Crippen LogP contribution in [0.5, 0.6) is 0 Å². The van der Waals surface area contributed by atoms with Crippen LogP contribution >= 0.6 is 0 Å². The van der Waals surface area contributed by atoms with Gasteiger partial charge in [0, 0.05) is 12.1 Å². The highest BCUT2D eigenvalue weighted by Crippen LogP contribution is 2.11. The molecule has 2 N–H and O–H groups in total. The van der Waals surface area contributed by atoms with E-state index in [0.29, 0.717) is 11.1 Å². The van der Waals surface area contributed by atoms with Crippen molar-refractivity contribution in [1.82, 2.24) is 10.6 Å². The molecule has 1 aromatic rings. The Morgan fingerprint density at radius 3 is 1.55 bits per heavy atom. The molecule has 122 valence electrons. The van der Waals surface area contributed by atoms with Gasteiger partial charge in [0.15, 0.2) is 0 Å². The molecular weight excluding hydrogens is 276 g/mol. The summed E-state index contributed by atoms with van der Waals surface area (Å²) in [5.74, 6) is -0.371. The summed E-state index contributed by atoms with van der Waals surface area (Å²) in [6.45, 7) is 8.12. The van der Waals surface area contributed by atoms with Gasteiger partial charge in [-0.15, -0.1) is 0 Å². The van der Waals surface area contributed by atoms with Gasteiger partial charge in [0.2, 0.25) is 0 Å². The second kappa shape index (κ2) is 9.23. The molecule has 0 fully saturated rings. The van der Waals surface area contributed by atoms with E-state index in [1.807, 2.05) is 13.8 Å². The molecule has 2 atom stereocenters. The van der Waals surface area contributed by atoms with Crippen molar-refractivity contribution in [2.75, 3.05) is 0 Å². The maximum Gasteiger partial charge on any atom is 0.252 e. The van der Waals surface area contributed by atoms with E-state index in [1.54, 1.807) is 24.3 Å². The van der Waals surface area contributed by atoms with Crippen LogP contribution in [0, 0.1) is 0 Å². The molecule has 2 amide bonds. The third-order valence-corrected chi connectivity index (χ3v) is 3.61. The topological polar surface area (TPSA) is 58.2 Å². The van der Waals surface area contributed by atoms with Gasteiger partial charge in [-0.1, -0.05) is 38.8 Å². The Labute approximate surface area is 133 Å². The molecule has 4 heteroatoms. The molecule has 2 unspecified atom stereocenters. The SMILES string of the molecule is CCCC(C)NC(=O)c1ccccc1C(=O)NC(C)CCC. The van der Waals surface area contributed by atoms with E-state index < -0.39 is 0 Å². The van der Waals surface area contributed by atoms with Crippen LogP contribution in [0.15, 0.2) is 24.3 Å². The highest BCUT2D eigenvalue weighted by atomic mass is 16.2.